The highest BCUT2D eigenvalue weighted by atomic mass is 16.3. The largest absolute Gasteiger partial charge is 0.388 e. The van der Waals surface area contributed by atoms with E-state index in [2.05, 4.69) is 38.3 Å². The van der Waals surface area contributed by atoms with Crippen molar-refractivity contribution in [2.75, 3.05) is 0 Å². The number of rotatable bonds is 1. The average molecular weight is 275 g/mol. The lowest BCUT2D eigenvalue weighted by molar-refractivity contribution is 0.0942. The molecule has 1 N–H and O–H groups in total. The number of hydrogen-bond acceptors (Lipinski definition) is 1. The van der Waals surface area contributed by atoms with E-state index < -0.39 is 0 Å². The van der Waals surface area contributed by atoms with Gasteiger partial charge in [-0.15, -0.1) is 0 Å². The Bertz CT molecular complexity index is 506. The van der Waals surface area contributed by atoms with Crippen LogP contribution in [-0.2, 0) is 12.0 Å². The highest BCUT2D eigenvalue weighted by molar-refractivity contribution is 5.34. The minimum Gasteiger partial charge on any atom is -0.388 e. The molecule has 0 aromatic carbocycles. The van der Waals surface area contributed by atoms with Gasteiger partial charge in [-0.25, -0.2) is 0 Å². The summed E-state index contributed by atoms with van der Waals surface area (Å²) in [5.74, 6) is 0. The molecule has 1 unspecified atom stereocenters. The third-order valence-electron chi connectivity index (χ3n) is 5.54. The molecule has 0 amide bonds. The maximum absolute atomic E-state index is 10.5. The SMILES string of the molecule is Cc1cc2c(n1C1(C)CCCCC1)CC(C)(C)CC2O. The fourth-order valence-electron chi connectivity index (χ4n) is 4.63. The Labute approximate surface area is 123 Å². The van der Waals surface area contributed by atoms with E-state index in [9.17, 15) is 5.11 Å². The highest BCUT2D eigenvalue weighted by Crippen LogP contribution is 2.46. The molecule has 0 aliphatic heterocycles. The van der Waals surface area contributed by atoms with E-state index in [1.54, 1.807) is 0 Å². The summed E-state index contributed by atoms with van der Waals surface area (Å²) in [7, 11) is 0. The summed E-state index contributed by atoms with van der Waals surface area (Å²) in [6.45, 7) is 9.22. The molecule has 0 bridgehead atoms. The number of hydrogen-bond donors (Lipinski definition) is 1. The molecule has 1 fully saturated rings. The van der Waals surface area contributed by atoms with Gasteiger partial charge in [-0.05, 0) is 51.0 Å². The first-order chi connectivity index (χ1) is 9.32. The zero-order valence-electron chi connectivity index (χ0n) is 13.5. The molecule has 2 aliphatic rings. The minimum absolute atomic E-state index is 0.208. The number of aryl methyl sites for hydroxylation is 1. The van der Waals surface area contributed by atoms with E-state index in [-0.39, 0.29) is 17.1 Å². The van der Waals surface area contributed by atoms with Crippen molar-refractivity contribution in [2.24, 2.45) is 5.41 Å². The molecule has 2 nitrogen and oxygen atoms in total. The zero-order chi connectivity index (χ0) is 14.5. The Morgan fingerprint density at radius 1 is 1.15 bits per heavy atom. The molecule has 1 heterocycles. The molecule has 2 heteroatoms. The third kappa shape index (κ3) is 2.22. The van der Waals surface area contributed by atoms with Gasteiger partial charge in [0.2, 0.25) is 0 Å². The van der Waals surface area contributed by atoms with Gasteiger partial charge in [-0.2, -0.15) is 0 Å². The molecule has 1 aromatic rings. The highest BCUT2D eigenvalue weighted by Gasteiger charge is 2.38. The quantitative estimate of drug-likeness (QED) is 0.803. The van der Waals surface area contributed by atoms with E-state index in [0.29, 0.717) is 0 Å². The van der Waals surface area contributed by atoms with Crippen LogP contribution in [0.4, 0.5) is 0 Å². The Morgan fingerprint density at radius 3 is 2.45 bits per heavy atom. The monoisotopic (exact) mass is 275 g/mol. The lowest BCUT2D eigenvalue weighted by Gasteiger charge is -2.41. The molecule has 1 saturated carbocycles. The Hall–Kier alpha value is -0.760. The van der Waals surface area contributed by atoms with Crippen LogP contribution in [0, 0.1) is 12.3 Å². The van der Waals surface area contributed by atoms with Crippen LogP contribution in [-0.4, -0.2) is 9.67 Å². The smallest absolute Gasteiger partial charge is 0.0812 e. The van der Waals surface area contributed by atoms with E-state index >= 15 is 0 Å². The molecule has 0 spiro atoms. The van der Waals surface area contributed by atoms with E-state index in [0.717, 1.165) is 12.8 Å². The number of nitrogens with zero attached hydrogens (tertiary/aromatic N) is 1. The van der Waals surface area contributed by atoms with Gasteiger partial charge in [-0.1, -0.05) is 33.1 Å². The van der Waals surface area contributed by atoms with Crippen LogP contribution in [0.1, 0.15) is 82.4 Å². The van der Waals surface area contributed by atoms with Gasteiger partial charge in [0.05, 0.1) is 6.10 Å². The maximum Gasteiger partial charge on any atom is 0.0812 e. The van der Waals surface area contributed by atoms with Crippen LogP contribution in [0.25, 0.3) is 0 Å². The van der Waals surface area contributed by atoms with E-state index in [1.807, 2.05) is 0 Å². The normalized spacial score (nSPS) is 28.1. The fourth-order valence-corrected chi connectivity index (χ4v) is 4.63. The van der Waals surface area contributed by atoms with Crippen LogP contribution in [0.5, 0.6) is 0 Å². The summed E-state index contributed by atoms with van der Waals surface area (Å²) in [5, 5.41) is 10.5. The van der Waals surface area contributed by atoms with E-state index in [1.165, 1.54) is 49.1 Å². The van der Waals surface area contributed by atoms with Crippen molar-refractivity contribution < 1.29 is 5.11 Å². The molecule has 1 aromatic heterocycles. The molecule has 0 saturated heterocycles. The van der Waals surface area contributed by atoms with Crippen molar-refractivity contribution in [1.82, 2.24) is 4.57 Å². The van der Waals surface area contributed by atoms with Crippen molar-refractivity contribution in [3.63, 3.8) is 0 Å². The second kappa shape index (κ2) is 4.62. The van der Waals surface area contributed by atoms with Crippen LogP contribution in [0.2, 0.25) is 0 Å². The first kappa shape index (κ1) is 14.2. The summed E-state index contributed by atoms with van der Waals surface area (Å²) in [6, 6.07) is 2.25. The fraction of sp³-hybridized carbons (Fsp3) is 0.778. The molecular weight excluding hydrogens is 246 g/mol. The number of aliphatic hydroxyl groups is 1. The third-order valence-corrected chi connectivity index (χ3v) is 5.54. The van der Waals surface area contributed by atoms with Gasteiger partial charge < -0.3 is 9.67 Å². The number of fused-ring (bicyclic) bond motifs is 1. The van der Waals surface area contributed by atoms with Gasteiger partial charge in [0.1, 0.15) is 0 Å². The molecule has 1 atom stereocenters. The predicted octanol–water partition coefficient (Wildman–Crippen LogP) is 4.48. The standard InChI is InChI=1S/C18H29NO/c1-13-10-14-15(11-17(2,3)12-16(14)20)19(13)18(4)8-6-5-7-9-18/h10,16,20H,5-9,11-12H2,1-4H3. The van der Waals surface area contributed by atoms with Crippen molar-refractivity contribution in [1.29, 1.82) is 0 Å². The van der Waals surface area contributed by atoms with Crippen molar-refractivity contribution in [3.8, 4) is 0 Å². The Morgan fingerprint density at radius 2 is 1.80 bits per heavy atom. The summed E-state index contributed by atoms with van der Waals surface area (Å²) < 4.78 is 2.59. The molecule has 0 radical (unpaired) electrons. The lowest BCUT2D eigenvalue weighted by Crippen LogP contribution is -2.37. The van der Waals surface area contributed by atoms with Crippen LogP contribution in [0.3, 0.4) is 0 Å². The second-order valence-corrected chi connectivity index (χ2v) is 8.14. The molecular formula is C18H29NO. The average Bonchev–Trinajstić information content (AvgIpc) is 2.66. The van der Waals surface area contributed by atoms with Gasteiger partial charge in [-0.3, -0.25) is 0 Å². The Balaban J connectivity index is 2.09. The molecule has 20 heavy (non-hydrogen) atoms. The van der Waals surface area contributed by atoms with Crippen LogP contribution < -0.4 is 0 Å². The van der Waals surface area contributed by atoms with Crippen LogP contribution >= 0.6 is 0 Å². The molecule has 112 valence electrons. The first-order valence-corrected chi connectivity index (χ1v) is 8.22. The topological polar surface area (TPSA) is 25.2 Å². The van der Waals surface area contributed by atoms with Crippen molar-refractivity contribution in [3.05, 3.63) is 23.0 Å². The van der Waals surface area contributed by atoms with Gasteiger partial charge in [0, 0.05) is 22.5 Å². The second-order valence-electron chi connectivity index (χ2n) is 8.14. The van der Waals surface area contributed by atoms with E-state index in [4.69, 9.17) is 0 Å². The summed E-state index contributed by atoms with van der Waals surface area (Å²) in [4.78, 5) is 0. The van der Waals surface area contributed by atoms with Gasteiger partial charge >= 0.3 is 0 Å². The van der Waals surface area contributed by atoms with Crippen LogP contribution in [0.15, 0.2) is 6.07 Å². The molecule has 3 rings (SSSR count). The lowest BCUT2D eigenvalue weighted by atomic mass is 9.74. The number of aliphatic hydroxyl groups excluding tert-OH is 1. The maximum atomic E-state index is 10.5. The summed E-state index contributed by atoms with van der Waals surface area (Å²) in [5.41, 5.74) is 4.43. The predicted molar refractivity (Wildman–Crippen MR) is 83.0 cm³/mol. The summed E-state index contributed by atoms with van der Waals surface area (Å²) in [6.07, 6.45) is 8.34. The zero-order valence-corrected chi connectivity index (χ0v) is 13.5. The van der Waals surface area contributed by atoms with Gasteiger partial charge in [0.15, 0.2) is 0 Å². The number of aromatic nitrogens is 1. The summed E-state index contributed by atoms with van der Waals surface area (Å²) >= 11 is 0. The first-order valence-electron chi connectivity index (χ1n) is 8.22. The molecule has 2 aliphatic carbocycles. The Kier molecular flexibility index (Phi) is 3.28. The minimum atomic E-state index is -0.277. The van der Waals surface area contributed by atoms with Crippen molar-refractivity contribution in [2.45, 2.75) is 84.3 Å². The van der Waals surface area contributed by atoms with Crippen molar-refractivity contribution >= 4 is 0 Å². The van der Waals surface area contributed by atoms with Gasteiger partial charge in [0.25, 0.3) is 0 Å².